The van der Waals surface area contributed by atoms with E-state index >= 15 is 0 Å². The number of rotatable bonds is 0. The molecule has 0 radical (unpaired) electrons. The number of amides is 1. The summed E-state index contributed by atoms with van der Waals surface area (Å²) in [6.45, 7) is 0. The van der Waals surface area contributed by atoms with Crippen LogP contribution >= 0.6 is 0 Å². The van der Waals surface area contributed by atoms with Crippen LogP contribution in [0.2, 0.25) is 0 Å². The van der Waals surface area contributed by atoms with Gasteiger partial charge in [0.05, 0.1) is 16.6 Å². The van der Waals surface area contributed by atoms with Crippen molar-refractivity contribution in [2.24, 2.45) is 0 Å². The lowest BCUT2D eigenvalue weighted by molar-refractivity contribution is 0.0307. The highest BCUT2D eigenvalue weighted by Gasteiger charge is 2.38. The summed E-state index contributed by atoms with van der Waals surface area (Å²) in [7, 11) is 1.65. The SMILES string of the molecule is CN1C(=O)c2c(c3c4ccccc4[nH]c3c3[nH]c4ccccc4c23)C1O. The van der Waals surface area contributed by atoms with Gasteiger partial charge in [0, 0.05) is 45.2 Å². The Morgan fingerprint density at radius 2 is 1.42 bits per heavy atom. The van der Waals surface area contributed by atoms with Crippen molar-refractivity contribution in [1.29, 1.82) is 0 Å². The van der Waals surface area contributed by atoms with Gasteiger partial charge in [-0.15, -0.1) is 0 Å². The summed E-state index contributed by atoms with van der Waals surface area (Å²) in [4.78, 5) is 21.4. The van der Waals surface area contributed by atoms with Crippen molar-refractivity contribution in [3.63, 3.8) is 0 Å². The minimum atomic E-state index is -0.947. The second kappa shape index (κ2) is 4.45. The van der Waals surface area contributed by atoms with Crippen molar-refractivity contribution < 1.29 is 9.90 Å². The molecule has 1 aliphatic rings. The van der Waals surface area contributed by atoms with Crippen LogP contribution in [0, 0.1) is 0 Å². The Kier molecular flexibility index (Phi) is 2.38. The smallest absolute Gasteiger partial charge is 0.257 e. The Morgan fingerprint density at radius 1 is 0.885 bits per heavy atom. The fourth-order valence-corrected chi connectivity index (χ4v) is 4.42. The molecule has 0 saturated heterocycles. The predicted molar refractivity (Wildman–Crippen MR) is 102 cm³/mol. The minimum Gasteiger partial charge on any atom is -0.369 e. The molecule has 1 unspecified atom stereocenters. The molecule has 126 valence electrons. The first kappa shape index (κ1) is 13.9. The molecule has 5 nitrogen and oxygen atoms in total. The molecule has 3 aromatic carbocycles. The van der Waals surface area contributed by atoms with Crippen molar-refractivity contribution in [2.75, 3.05) is 7.05 Å². The van der Waals surface area contributed by atoms with Gasteiger partial charge in [-0.25, -0.2) is 0 Å². The molecule has 6 rings (SSSR count). The maximum absolute atomic E-state index is 13.0. The summed E-state index contributed by atoms with van der Waals surface area (Å²) >= 11 is 0. The number of nitrogens with one attached hydrogen (secondary N) is 2. The van der Waals surface area contributed by atoms with E-state index in [4.69, 9.17) is 0 Å². The summed E-state index contributed by atoms with van der Waals surface area (Å²) in [5.41, 5.74) is 5.11. The number of carbonyl (C=O) groups is 1. The quantitative estimate of drug-likeness (QED) is 0.398. The van der Waals surface area contributed by atoms with Gasteiger partial charge in [-0.1, -0.05) is 36.4 Å². The standard InChI is InChI=1S/C21H15N3O2/c1-24-20(25)16-14-10-6-2-4-8-12(10)22-18(14)19-15(17(16)21(24)26)11-7-3-5-9-13(11)23-19/h2-9,20,22-23,25H,1H3. The molecule has 1 amide bonds. The lowest BCUT2D eigenvalue weighted by atomic mass is 9.96. The average Bonchev–Trinajstić information content (AvgIpc) is 3.29. The largest absolute Gasteiger partial charge is 0.369 e. The molecule has 0 fully saturated rings. The number of para-hydroxylation sites is 2. The molecular formula is C21H15N3O2. The normalized spacial score (nSPS) is 17.2. The number of aliphatic hydroxyl groups is 1. The predicted octanol–water partition coefficient (Wildman–Crippen LogP) is 4.03. The van der Waals surface area contributed by atoms with E-state index < -0.39 is 6.23 Å². The Balaban J connectivity index is 2.00. The van der Waals surface area contributed by atoms with Crippen LogP contribution in [0.1, 0.15) is 22.1 Å². The highest BCUT2D eigenvalue weighted by Crippen LogP contribution is 2.46. The van der Waals surface area contributed by atoms with Gasteiger partial charge in [-0.05, 0) is 12.1 Å². The van der Waals surface area contributed by atoms with E-state index in [0.29, 0.717) is 11.1 Å². The fraction of sp³-hybridized carbons (Fsp3) is 0.0952. The third-order valence-corrected chi connectivity index (χ3v) is 5.61. The molecular weight excluding hydrogens is 326 g/mol. The van der Waals surface area contributed by atoms with Crippen LogP contribution in [0.15, 0.2) is 48.5 Å². The van der Waals surface area contributed by atoms with Gasteiger partial charge >= 0.3 is 0 Å². The number of carbonyl (C=O) groups excluding carboxylic acids is 1. The van der Waals surface area contributed by atoms with Gasteiger partial charge < -0.3 is 20.0 Å². The number of aromatic amines is 2. The van der Waals surface area contributed by atoms with Crippen LogP contribution in [-0.2, 0) is 0 Å². The van der Waals surface area contributed by atoms with Gasteiger partial charge in [-0.2, -0.15) is 0 Å². The van der Waals surface area contributed by atoms with Gasteiger partial charge in [0.1, 0.15) is 0 Å². The lowest BCUT2D eigenvalue weighted by Gasteiger charge is -2.14. The number of aliphatic hydroxyl groups excluding tert-OH is 1. The van der Waals surface area contributed by atoms with Crippen molar-refractivity contribution in [1.82, 2.24) is 14.9 Å². The summed E-state index contributed by atoms with van der Waals surface area (Å²) in [5.74, 6) is -0.144. The summed E-state index contributed by atoms with van der Waals surface area (Å²) in [6, 6.07) is 16.0. The number of nitrogens with zero attached hydrogens (tertiary/aromatic N) is 1. The zero-order valence-electron chi connectivity index (χ0n) is 14.0. The van der Waals surface area contributed by atoms with E-state index in [1.54, 1.807) is 7.05 Å². The van der Waals surface area contributed by atoms with Crippen LogP contribution in [0.4, 0.5) is 0 Å². The van der Waals surface area contributed by atoms with E-state index in [0.717, 1.165) is 43.6 Å². The van der Waals surface area contributed by atoms with E-state index in [2.05, 4.69) is 9.97 Å². The first-order valence-electron chi connectivity index (χ1n) is 8.58. The maximum Gasteiger partial charge on any atom is 0.257 e. The average molecular weight is 341 g/mol. The Morgan fingerprint density at radius 3 is 2.08 bits per heavy atom. The van der Waals surface area contributed by atoms with Crippen molar-refractivity contribution >= 4 is 49.5 Å². The zero-order chi connectivity index (χ0) is 17.6. The molecule has 3 heterocycles. The van der Waals surface area contributed by atoms with E-state index in [1.807, 2.05) is 48.5 Å². The number of hydrogen-bond acceptors (Lipinski definition) is 2. The lowest BCUT2D eigenvalue weighted by Crippen LogP contribution is -2.22. The summed E-state index contributed by atoms with van der Waals surface area (Å²) in [6.07, 6.45) is -0.947. The Labute approximate surface area is 147 Å². The van der Waals surface area contributed by atoms with Gasteiger partial charge in [0.2, 0.25) is 0 Å². The van der Waals surface area contributed by atoms with Crippen molar-refractivity contribution in [3.05, 3.63) is 59.7 Å². The molecule has 0 spiro atoms. The highest BCUT2D eigenvalue weighted by atomic mass is 16.3. The molecule has 1 atom stereocenters. The van der Waals surface area contributed by atoms with Crippen molar-refractivity contribution in [3.8, 4) is 0 Å². The first-order chi connectivity index (χ1) is 12.7. The number of aromatic nitrogens is 2. The summed E-state index contributed by atoms with van der Waals surface area (Å²) in [5, 5.41) is 14.7. The number of H-pyrrole nitrogens is 2. The maximum atomic E-state index is 13.0. The molecule has 5 aromatic rings. The Hall–Kier alpha value is -3.31. The Bertz CT molecular complexity index is 1390. The number of fused-ring (bicyclic) bond motifs is 10. The van der Waals surface area contributed by atoms with Gasteiger partial charge in [0.25, 0.3) is 5.91 Å². The molecule has 2 aromatic heterocycles. The third kappa shape index (κ3) is 1.44. The molecule has 0 bridgehead atoms. The molecule has 26 heavy (non-hydrogen) atoms. The second-order valence-electron chi connectivity index (χ2n) is 6.92. The monoisotopic (exact) mass is 341 g/mol. The van der Waals surface area contributed by atoms with Crippen LogP contribution < -0.4 is 0 Å². The minimum absolute atomic E-state index is 0.144. The first-order valence-corrected chi connectivity index (χ1v) is 8.58. The van der Waals surface area contributed by atoms with E-state index in [1.165, 1.54) is 4.90 Å². The molecule has 3 N–H and O–H groups in total. The number of benzene rings is 3. The number of hydrogen-bond donors (Lipinski definition) is 3. The molecule has 1 aliphatic heterocycles. The van der Waals surface area contributed by atoms with Gasteiger partial charge in [0.15, 0.2) is 6.23 Å². The summed E-state index contributed by atoms with van der Waals surface area (Å²) < 4.78 is 0. The van der Waals surface area contributed by atoms with Crippen LogP contribution in [0.5, 0.6) is 0 Å². The van der Waals surface area contributed by atoms with E-state index in [-0.39, 0.29) is 5.91 Å². The fourth-order valence-electron chi connectivity index (χ4n) is 4.42. The van der Waals surface area contributed by atoms with Gasteiger partial charge in [-0.3, -0.25) is 4.79 Å². The molecule has 0 aliphatic carbocycles. The topological polar surface area (TPSA) is 72.1 Å². The zero-order valence-corrected chi connectivity index (χ0v) is 14.0. The third-order valence-electron chi connectivity index (χ3n) is 5.61. The van der Waals surface area contributed by atoms with Crippen LogP contribution in [0.3, 0.4) is 0 Å². The van der Waals surface area contributed by atoms with Crippen molar-refractivity contribution in [2.45, 2.75) is 6.23 Å². The van der Waals surface area contributed by atoms with Crippen LogP contribution in [0.25, 0.3) is 43.6 Å². The molecule has 5 heteroatoms. The molecule has 0 saturated carbocycles. The van der Waals surface area contributed by atoms with E-state index in [9.17, 15) is 9.90 Å². The van der Waals surface area contributed by atoms with Crippen LogP contribution in [-0.4, -0.2) is 32.9 Å². The second-order valence-corrected chi connectivity index (χ2v) is 6.92. The highest BCUT2D eigenvalue weighted by molar-refractivity contribution is 6.30.